The maximum absolute atomic E-state index is 5.94. The average molecular weight is 403 g/mol. The summed E-state index contributed by atoms with van der Waals surface area (Å²) in [6, 6.07) is 15.5. The number of hydrogen-bond donors (Lipinski definition) is 0. The Morgan fingerprint density at radius 3 is 1.44 bits per heavy atom. The molecule has 2 aromatic heterocycles. The summed E-state index contributed by atoms with van der Waals surface area (Å²) in [5.74, 6) is 0. The molecule has 0 aliphatic carbocycles. The van der Waals surface area contributed by atoms with Crippen LogP contribution < -0.4 is 0 Å². The molecule has 0 atom stereocenters. The molecule has 2 aromatic carbocycles. The highest BCUT2D eigenvalue weighted by molar-refractivity contribution is 7.11. The molecule has 2 nitrogen and oxygen atoms in total. The van der Waals surface area contributed by atoms with E-state index in [1.54, 1.807) is 22.7 Å². The van der Waals surface area contributed by atoms with Crippen molar-refractivity contribution in [2.75, 3.05) is 0 Å². The molecule has 0 spiro atoms. The van der Waals surface area contributed by atoms with Gasteiger partial charge in [-0.2, -0.15) is 0 Å². The minimum atomic E-state index is 0.733. The highest BCUT2D eigenvalue weighted by Crippen LogP contribution is 2.28. The molecular formula is C19H12Cl2N2S2. The highest BCUT2D eigenvalue weighted by atomic mass is 35.5. The van der Waals surface area contributed by atoms with E-state index >= 15 is 0 Å². The molecule has 25 heavy (non-hydrogen) atoms. The Kier molecular flexibility index (Phi) is 4.86. The van der Waals surface area contributed by atoms with Gasteiger partial charge in [0, 0.05) is 31.9 Å². The molecular weight excluding hydrogens is 391 g/mol. The molecule has 0 fully saturated rings. The van der Waals surface area contributed by atoms with Crippen molar-refractivity contribution in [3.05, 3.63) is 79.4 Å². The molecule has 4 rings (SSSR count). The fraction of sp³-hybridized carbons (Fsp3) is 0.0526. The van der Waals surface area contributed by atoms with Crippen LogP contribution in [0, 0.1) is 0 Å². The lowest BCUT2D eigenvalue weighted by atomic mass is 10.2. The van der Waals surface area contributed by atoms with Crippen LogP contribution >= 0.6 is 45.9 Å². The first-order chi connectivity index (χ1) is 12.2. The Hall–Kier alpha value is -1.72. The van der Waals surface area contributed by atoms with Crippen molar-refractivity contribution >= 4 is 45.9 Å². The molecule has 0 bridgehead atoms. The van der Waals surface area contributed by atoms with E-state index in [4.69, 9.17) is 33.2 Å². The number of aromatic nitrogens is 2. The summed E-state index contributed by atoms with van der Waals surface area (Å²) < 4.78 is 0. The summed E-state index contributed by atoms with van der Waals surface area (Å²) in [5.41, 5.74) is 4.11. The maximum Gasteiger partial charge on any atom is 0.100 e. The minimum Gasteiger partial charge on any atom is -0.241 e. The smallest absolute Gasteiger partial charge is 0.100 e. The quantitative estimate of drug-likeness (QED) is 0.373. The van der Waals surface area contributed by atoms with E-state index in [1.165, 1.54) is 0 Å². The number of benzene rings is 2. The highest BCUT2D eigenvalue weighted by Gasteiger charge is 2.09. The van der Waals surface area contributed by atoms with Crippen LogP contribution in [0.25, 0.3) is 22.5 Å². The zero-order valence-corrected chi connectivity index (χ0v) is 16.1. The molecule has 0 N–H and O–H groups in total. The van der Waals surface area contributed by atoms with Gasteiger partial charge in [-0.1, -0.05) is 47.5 Å². The van der Waals surface area contributed by atoms with Crippen molar-refractivity contribution in [3.8, 4) is 22.5 Å². The van der Waals surface area contributed by atoms with Gasteiger partial charge in [-0.05, 0) is 24.3 Å². The molecule has 2 heterocycles. The summed E-state index contributed by atoms with van der Waals surface area (Å²) in [4.78, 5) is 9.45. The van der Waals surface area contributed by atoms with E-state index < -0.39 is 0 Å². The molecule has 0 saturated heterocycles. The van der Waals surface area contributed by atoms with E-state index in [0.29, 0.717) is 0 Å². The van der Waals surface area contributed by atoms with Gasteiger partial charge < -0.3 is 0 Å². The normalized spacial score (nSPS) is 11.0. The molecule has 0 radical (unpaired) electrons. The van der Waals surface area contributed by atoms with E-state index in [9.17, 15) is 0 Å². The molecule has 4 aromatic rings. The lowest BCUT2D eigenvalue weighted by Crippen LogP contribution is -1.87. The first-order valence-corrected chi connectivity index (χ1v) is 10.1. The van der Waals surface area contributed by atoms with Gasteiger partial charge in [0.15, 0.2) is 0 Å². The average Bonchev–Trinajstić information content (AvgIpc) is 3.27. The molecule has 0 aliphatic rings. The first kappa shape index (κ1) is 16.7. The Balaban J connectivity index is 1.51. The molecule has 0 unspecified atom stereocenters. The second-order valence-corrected chi connectivity index (χ2v) is 8.20. The van der Waals surface area contributed by atoms with Crippen LogP contribution in [0.4, 0.5) is 0 Å². The van der Waals surface area contributed by atoms with Crippen LogP contribution in [0.5, 0.6) is 0 Å². The van der Waals surface area contributed by atoms with Gasteiger partial charge in [0.05, 0.1) is 17.8 Å². The van der Waals surface area contributed by atoms with Crippen molar-refractivity contribution in [2.24, 2.45) is 0 Å². The van der Waals surface area contributed by atoms with Crippen LogP contribution in [0.2, 0.25) is 10.0 Å². The third-order valence-electron chi connectivity index (χ3n) is 3.69. The van der Waals surface area contributed by atoms with E-state index in [0.717, 1.165) is 49.0 Å². The fourth-order valence-corrected chi connectivity index (χ4v) is 4.38. The van der Waals surface area contributed by atoms with Crippen molar-refractivity contribution in [3.63, 3.8) is 0 Å². The number of nitrogens with zero attached hydrogens (tertiary/aromatic N) is 2. The van der Waals surface area contributed by atoms with Gasteiger partial charge >= 0.3 is 0 Å². The third-order valence-corrected chi connectivity index (χ3v) is 5.89. The monoisotopic (exact) mass is 402 g/mol. The summed E-state index contributed by atoms with van der Waals surface area (Å²) in [5, 5.41) is 7.73. The Bertz CT molecular complexity index is 907. The van der Waals surface area contributed by atoms with Crippen LogP contribution in [0.1, 0.15) is 10.0 Å². The number of hydrogen-bond acceptors (Lipinski definition) is 4. The summed E-state index contributed by atoms with van der Waals surface area (Å²) in [6.45, 7) is 0. The molecule has 0 amide bonds. The van der Waals surface area contributed by atoms with Gasteiger partial charge in [-0.3, -0.25) is 0 Å². The first-order valence-electron chi connectivity index (χ1n) is 7.58. The van der Waals surface area contributed by atoms with Gasteiger partial charge in [0.2, 0.25) is 0 Å². The zero-order valence-electron chi connectivity index (χ0n) is 12.9. The van der Waals surface area contributed by atoms with Crippen LogP contribution in [-0.2, 0) is 6.42 Å². The SMILES string of the molecule is Clc1ccc(-c2csc(Cc3nc(-c4ccc(Cl)cc4)cs3)n2)cc1. The second-order valence-electron chi connectivity index (χ2n) is 5.44. The van der Waals surface area contributed by atoms with Gasteiger partial charge in [-0.15, -0.1) is 22.7 Å². The third kappa shape index (κ3) is 3.93. The Labute approximate surface area is 163 Å². The van der Waals surface area contributed by atoms with E-state index in [1.807, 2.05) is 48.5 Å². The molecule has 6 heteroatoms. The number of halogens is 2. The van der Waals surface area contributed by atoms with Crippen molar-refractivity contribution in [1.82, 2.24) is 9.97 Å². The van der Waals surface area contributed by atoms with E-state index in [-0.39, 0.29) is 0 Å². The maximum atomic E-state index is 5.94. The Morgan fingerprint density at radius 1 is 0.640 bits per heavy atom. The lowest BCUT2D eigenvalue weighted by molar-refractivity contribution is 1.11. The molecule has 0 saturated carbocycles. The molecule has 124 valence electrons. The van der Waals surface area contributed by atoms with Crippen LogP contribution in [-0.4, -0.2) is 9.97 Å². The van der Waals surface area contributed by atoms with Crippen molar-refractivity contribution in [2.45, 2.75) is 6.42 Å². The number of rotatable bonds is 4. The topological polar surface area (TPSA) is 25.8 Å². The largest absolute Gasteiger partial charge is 0.241 e. The number of thiazole rings is 2. The zero-order chi connectivity index (χ0) is 17.2. The predicted molar refractivity (Wildman–Crippen MR) is 108 cm³/mol. The van der Waals surface area contributed by atoms with Crippen LogP contribution in [0.15, 0.2) is 59.3 Å². The minimum absolute atomic E-state index is 0.733. The van der Waals surface area contributed by atoms with Gasteiger partial charge in [-0.25, -0.2) is 9.97 Å². The van der Waals surface area contributed by atoms with Gasteiger partial charge in [0.1, 0.15) is 10.0 Å². The predicted octanol–water partition coefficient (Wildman–Crippen LogP) is 6.83. The fourth-order valence-electron chi connectivity index (χ4n) is 2.42. The summed E-state index contributed by atoms with van der Waals surface area (Å²) >= 11 is 15.2. The van der Waals surface area contributed by atoms with Crippen LogP contribution in [0.3, 0.4) is 0 Å². The van der Waals surface area contributed by atoms with Crippen molar-refractivity contribution in [1.29, 1.82) is 0 Å². The van der Waals surface area contributed by atoms with Crippen molar-refractivity contribution < 1.29 is 0 Å². The van der Waals surface area contributed by atoms with E-state index in [2.05, 4.69) is 10.8 Å². The summed E-state index contributed by atoms with van der Waals surface area (Å²) in [6.07, 6.45) is 0.747. The van der Waals surface area contributed by atoms with Gasteiger partial charge in [0.25, 0.3) is 0 Å². The summed E-state index contributed by atoms with van der Waals surface area (Å²) in [7, 11) is 0. The lowest BCUT2D eigenvalue weighted by Gasteiger charge is -1.97. The standard InChI is InChI=1S/C19H12Cl2N2S2/c20-14-5-1-12(2-6-14)16-10-24-18(22-16)9-19-23-17(11-25-19)13-3-7-15(21)8-4-13/h1-8,10-11H,9H2. The molecule has 0 aliphatic heterocycles. The second kappa shape index (κ2) is 7.26. The Morgan fingerprint density at radius 2 is 1.04 bits per heavy atom.